The van der Waals surface area contributed by atoms with Gasteiger partial charge >= 0.3 is 0 Å². The smallest absolute Gasteiger partial charge is 0.123 e. The summed E-state index contributed by atoms with van der Waals surface area (Å²) in [5.74, 6) is 0.380. The van der Waals surface area contributed by atoms with Crippen LogP contribution in [0.3, 0.4) is 0 Å². The van der Waals surface area contributed by atoms with Gasteiger partial charge in [0, 0.05) is 5.56 Å². The van der Waals surface area contributed by atoms with Crippen LogP contribution in [-0.4, -0.2) is 5.11 Å². The topological polar surface area (TPSA) is 20.2 Å². The van der Waals surface area contributed by atoms with E-state index in [1.54, 1.807) is 6.07 Å². The maximum atomic E-state index is 10.2. The zero-order valence-electron chi connectivity index (χ0n) is 12.0. The van der Waals surface area contributed by atoms with Crippen LogP contribution in [-0.2, 0) is 19.3 Å². The Kier molecular flexibility index (Phi) is 4.26. The highest BCUT2D eigenvalue weighted by molar-refractivity contribution is 5.74. The van der Waals surface area contributed by atoms with Crippen LogP contribution in [0.2, 0.25) is 0 Å². The molecule has 0 amide bonds. The Morgan fingerprint density at radius 2 is 1.47 bits per heavy atom. The van der Waals surface area contributed by atoms with E-state index in [2.05, 4.69) is 45.0 Å². The first-order valence-electron chi connectivity index (χ1n) is 7.14. The molecular weight excluding hydrogens is 232 g/mol. The number of rotatable bonds is 4. The van der Waals surface area contributed by atoms with Gasteiger partial charge in [-0.15, -0.1) is 0 Å². The molecule has 2 aromatic rings. The Hall–Kier alpha value is -1.76. The van der Waals surface area contributed by atoms with Crippen molar-refractivity contribution in [1.29, 1.82) is 0 Å². The SMILES string of the molecule is CCc1ccc(-c2c(O)cccc2CC)cc1CC. The molecule has 19 heavy (non-hydrogen) atoms. The molecule has 0 aliphatic carbocycles. The maximum Gasteiger partial charge on any atom is 0.123 e. The molecule has 0 saturated carbocycles. The summed E-state index contributed by atoms with van der Waals surface area (Å²) in [7, 11) is 0. The number of hydrogen-bond donors (Lipinski definition) is 1. The van der Waals surface area contributed by atoms with Crippen molar-refractivity contribution in [1.82, 2.24) is 0 Å². The lowest BCUT2D eigenvalue weighted by molar-refractivity contribution is 0.476. The van der Waals surface area contributed by atoms with Gasteiger partial charge in [-0.25, -0.2) is 0 Å². The number of phenolic OH excluding ortho intramolecular Hbond substituents is 1. The normalized spacial score (nSPS) is 10.7. The average molecular weight is 254 g/mol. The van der Waals surface area contributed by atoms with Crippen LogP contribution >= 0.6 is 0 Å². The molecule has 0 aliphatic rings. The quantitative estimate of drug-likeness (QED) is 0.835. The van der Waals surface area contributed by atoms with Crippen LogP contribution in [0.25, 0.3) is 11.1 Å². The van der Waals surface area contributed by atoms with Crippen molar-refractivity contribution in [3.05, 3.63) is 53.1 Å². The molecule has 0 unspecified atom stereocenters. The molecule has 1 N–H and O–H groups in total. The molecule has 0 spiro atoms. The molecule has 0 bridgehead atoms. The van der Waals surface area contributed by atoms with Gasteiger partial charge in [0.05, 0.1) is 0 Å². The first-order chi connectivity index (χ1) is 9.21. The molecule has 0 heterocycles. The summed E-state index contributed by atoms with van der Waals surface area (Å²) in [5, 5.41) is 10.2. The molecule has 2 aromatic carbocycles. The Morgan fingerprint density at radius 3 is 2.11 bits per heavy atom. The summed E-state index contributed by atoms with van der Waals surface area (Å²) in [6.45, 7) is 6.49. The van der Waals surface area contributed by atoms with Gasteiger partial charge in [0.25, 0.3) is 0 Å². The minimum Gasteiger partial charge on any atom is -0.507 e. The predicted octanol–water partition coefficient (Wildman–Crippen LogP) is 4.75. The van der Waals surface area contributed by atoms with Gasteiger partial charge in [-0.1, -0.05) is 51.1 Å². The Balaban J connectivity index is 2.59. The predicted molar refractivity (Wildman–Crippen MR) is 81.7 cm³/mol. The Morgan fingerprint density at radius 1 is 0.789 bits per heavy atom. The van der Waals surface area contributed by atoms with E-state index in [9.17, 15) is 5.11 Å². The molecule has 0 aliphatic heterocycles. The number of aryl methyl sites for hydroxylation is 3. The second-order valence-corrected chi connectivity index (χ2v) is 4.86. The molecule has 1 heteroatoms. The molecule has 1 nitrogen and oxygen atoms in total. The van der Waals surface area contributed by atoms with Crippen LogP contribution in [0.5, 0.6) is 5.75 Å². The summed E-state index contributed by atoms with van der Waals surface area (Å²) >= 11 is 0. The minimum absolute atomic E-state index is 0.380. The largest absolute Gasteiger partial charge is 0.507 e. The van der Waals surface area contributed by atoms with Crippen molar-refractivity contribution in [2.45, 2.75) is 40.0 Å². The third-order valence-electron chi connectivity index (χ3n) is 3.77. The first-order valence-corrected chi connectivity index (χ1v) is 7.14. The van der Waals surface area contributed by atoms with Crippen molar-refractivity contribution in [2.24, 2.45) is 0 Å². The van der Waals surface area contributed by atoms with Crippen molar-refractivity contribution >= 4 is 0 Å². The van der Waals surface area contributed by atoms with Crippen molar-refractivity contribution in [3.63, 3.8) is 0 Å². The summed E-state index contributed by atoms with van der Waals surface area (Å²) in [5.41, 5.74) is 6.10. The van der Waals surface area contributed by atoms with E-state index in [-0.39, 0.29) is 0 Å². The van der Waals surface area contributed by atoms with Crippen LogP contribution in [0, 0.1) is 0 Å². The fourth-order valence-corrected chi connectivity index (χ4v) is 2.67. The summed E-state index contributed by atoms with van der Waals surface area (Å²) in [6, 6.07) is 12.3. The molecular formula is C18H22O. The maximum absolute atomic E-state index is 10.2. The average Bonchev–Trinajstić information content (AvgIpc) is 2.46. The minimum atomic E-state index is 0.380. The number of benzene rings is 2. The van der Waals surface area contributed by atoms with Crippen LogP contribution in [0.1, 0.15) is 37.5 Å². The van der Waals surface area contributed by atoms with Gasteiger partial charge in [-0.3, -0.25) is 0 Å². The van der Waals surface area contributed by atoms with E-state index in [1.165, 1.54) is 16.7 Å². The van der Waals surface area contributed by atoms with E-state index >= 15 is 0 Å². The number of hydrogen-bond acceptors (Lipinski definition) is 1. The Labute approximate surface area is 115 Å². The number of aromatic hydroxyl groups is 1. The van der Waals surface area contributed by atoms with Gasteiger partial charge in [-0.05, 0) is 47.6 Å². The lowest BCUT2D eigenvalue weighted by Crippen LogP contribution is -1.94. The highest BCUT2D eigenvalue weighted by atomic mass is 16.3. The Bertz CT molecular complexity index is 570. The zero-order chi connectivity index (χ0) is 13.8. The monoisotopic (exact) mass is 254 g/mol. The van der Waals surface area contributed by atoms with Crippen LogP contribution < -0.4 is 0 Å². The molecule has 0 atom stereocenters. The second kappa shape index (κ2) is 5.92. The molecule has 0 aromatic heterocycles. The molecule has 0 saturated heterocycles. The summed E-state index contributed by atoms with van der Waals surface area (Å²) in [6.07, 6.45) is 3.03. The third kappa shape index (κ3) is 2.65. The standard InChI is InChI=1S/C18H22O/c1-4-13-10-11-16(12-15(13)6-3)18-14(5-2)8-7-9-17(18)19/h7-12,19H,4-6H2,1-3H3. The number of phenols is 1. The van der Waals surface area contributed by atoms with Crippen LogP contribution in [0.15, 0.2) is 36.4 Å². The van der Waals surface area contributed by atoms with Gasteiger partial charge in [-0.2, -0.15) is 0 Å². The fraction of sp³-hybridized carbons (Fsp3) is 0.333. The molecule has 100 valence electrons. The summed E-state index contributed by atoms with van der Waals surface area (Å²) in [4.78, 5) is 0. The lowest BCUT2D eigenvalue weighted by atomic mass is 9.92. The van der Waals surface area contributed by atoms with Gasteiger partial charge in [0.2, 0.25) is 0 Å². The molecule has 2 rings (SSSR count). The third-order valence-corrected chi connectivity index (χ3v) is 3.77. The zero-order valence-corrected chi connectivity index (χ0v) is 12.0. The van der Waals surface area contributed by atoms with Crippen LogP contribution in [0.4, 0.5) is 0 Å². The van der Waals surface area contributed by atoms with Gasteiger partial charge in [0.1, 0.15) is 5.75 Å². The fourth-order valence-electron chi connectivity index (χ4n) is 2.67. The van der Waals surface area contributed by atoms with Gasteiger partial charge in [0.15, 0.2) is 0 Å². The molecule has 0 fully saturated rings. The van der Waals surface area contributed by atoms with Gasteiger partial charge < -0.3 is 5.11 Å². The highest BCUT2D eigenvalue weighted by Crippen LogP contribution is 2.34. The second-order valence-electron chi connectivity index (χ2n) is 4.86. The summed E-state index contributed by atoms with van der Waals surface area (Å²) < 4.78 is 0. The van der Waals surface area contributed by atoms with E-state index in [1.807, 2.05) is 6.07 Å². The van der Waals surface area contributed by atoms with E-state index < -0.39 is 0 Å². The van der Waals surface area contributed by atoms with E-state index in [0.29, 0.717) is 5.75 Å². The van der Waals surface area contributed by atoms with E-state index in [0.717, 1.165) is 30.4 Å². The van der Waals surface area contributed by atoms with Crippen molar-refractivity contribution < 1.29 is 5.11 Å². The first kappa shape index (κ1) is 13.7. The lowest BCUT2D eigenvalue weighted by Gasteiger charge is -2.13. The van der Waals surface area contributed by atoms with Crippen molar-refractivity contribution in [2.75, 3.05) is 0 Å². The molecule has 0 radical (unpaired) electrons. The van der Waals surface area contributed by atoms with E-state index in [4.69, 9.17) is 0 Å². The highest BCUT2D eigenvalue weighted by Gasteiger charge is 2.10. The van der Waals surface area contributed by atoms with Crippen molar-refractivity contribution in [3.8, 4) is 16.9 Å².